The van der Waals surface area contributed by atoms with Gasteiger partial charge in [0.25, 0.3) is 0 Å². The second kappa shape index (κ2) is 3.30. The predicted octanol–water partition coefficient (Wildman–Crippen LogP) is -1.94. The molecule has 0 amide bonds. The highest BCUT2D eigenvalue weighted by Crippen LogP contribution is 2.07. The molecular weight excluding hydrogens is 134 g/mol. The number of hydrogen-bond donors (Lipinski definition) is 4. The molecule has 10 heavy (non-hydrogen) atoms. The molecule has 1 saturated heterocycles. The normalized spacial score (nSPS) is 41.7. The summed E-state index contributed by atoms with van der Waals surface area (Å²) in [5.74, 6) is 0. The summed E-state index contributed by atoms with van der Waals surface area (Å²) in [5.41, 5.74) is 0. The number of aliphatic hydroxyl groups excluding tert-OH is 3. The third-order valence-electron chi connectivity index (χ3n) is 1.81. The monoisotopic (exact) mass is 147 g/mol. The summed E-state index contributed by atoms with van der Waals surface area (Å²) in [6, 6.07) is -0.0570. The highest BCUT2D eigenvalue weighted by molar-refractivity contribution is 4.83. The fourth-order valence-corrected chi connectivity index (χ4v) is 1.09. The van der Waals surface area contributed by atoms with Gasteiger partial charge in [0, 0.05) is 12.6 Å². The van der Waals surface area contributed by atoms with Crippen LogP contribution in [0.5, 0.6) is 0 Å². The highest BCUT2D eigenvalue weighted by atomic mass is 16.3. The molecule has 0 bridgehead atoms. The third-order valence-corrected chi connectivity index (χ3v) is 1.81. The summed E-state index contributed by atoms with van der Waals surface area (Å²) in [5, 5.41) is 29.6. The summed E-state index contributed by atoms with van der Waals surface area (Å²) in [6.45, 7) is 0.385. The number of piperidine rings is 1. The number of aliphatic hydroxyl groups is 3. The predicted molar refractivity (Wildman–Crippen MR) is 35.5 cm³/mol. The minimum atomic E-state index is -0.682. The van der Waals surface area contributed by atoms with Crippen LogP contribution in [0.1, 0.15) is 6.42 Å². The van der Waals surface area contributed by atoms with Crippen LogP contribution in [0.15, 0.2) is 0 Å². The van der Waals surface area contributed by atoms with Gasteiger partial charge in [-0.1, -0.05) is 0 Å². The molecule has 1 heterocycles. The molecule has 0 aromatic heterocycles. The van der Waals surface area contributed by atoms with E-state index in [1.165, 1.54) is 0 Å². The van der Waals surface area contributed by atoms with Gasteiger partial charge in [0.1, 0.15) is 0 Å². The van der Waals surface area contributed by atoms with Crippen molar-refractivity contribution < 1.29 is 15.3 Å². The van der Waals surface area contributed by atoms with E-state index >= 15 is 0 Å². The van der Waals surface area contributed by atoms with Crippen LogP contribution in [0.3, 0.4) is 0 Å². The van der Waals surface area contributed by atoms with E-state index in [2.05, 4.69) is 5.32 Å². The standard InChI is InChI=1S/C6H13NO3/c8-3-4-1-5(9)6(10)2-7-4/h4-10H,1-3H2. The maximum atomic E-state index is 9.08. The zero-order chi connectivity index (χ0) is 7.56. The van der Waals surface area contributed by atoms with Gasteiger partial charge >= 0.3 is 0 Å². The van der Waals surface area contributed by atoms with Crippen molar-refractivity contribution in [2.24, 2.45) is 0 Å². The summed E-state index contributed by atoms with van der Waals surface area (Å²) in [7, 11) is 0. The molecule has 4 heteroatoms. The first kappa shape index (κ1) is 7.94. The van der Waals surface area contributed by atoms with Gasteiger partial charge < -0.3 is 20.6 Å². The van der Waals surface area contributed by atoms with Crippen molar-refractivity contribution in [1.82, 2.24) is 5.32 Å². The van der Waals surface area contributed by atoms with Gasteiger partial charge in [-0.15, -0.1) is 0 Å². The number of rotatable bonds is 1. The van der Waals surface area contributed by atoms with Crippen LogP contribution in [-0.2, 0) is 0 Å². The van der Waals surface area contributed by atoms with E-state index in [1.807, 2.05) is 0 Å². The zero-order valence-corrected chi connectivity index (χ0v) is 5.70. The first-order chi connectivity index (χ1) is 4.74. The van der Waals surface area contributed by atoms with Crippen molar-refractivity contribution in [2.45, 2.75) is 24.7 Å². The van der Waals surface area contributed by atoms with E-state index < -0.39 is 12.2 Å². The Morgan fingerprint density at radius 3 is 2.50 bits per heavy atom. The molecule has 4 N–H and O–H groups in total. The summed E-state index contributed by atoms with van der Waals surface area (Å²) >= 11 is 0. The van der Waals surface area contributed by atoms with Crippen LogP contribution in [-0.4, -0.2) is 46.7 Å². The Morgan fingerprint density at radius 1 is 1.30 bits per heavy atom. The Balaban J connectivity index is 2.33. The minimum Gasteiger partial charge on any atom is -0.395 e. The van der Waals surface area contributed by atoms with Crippen molar-refractivity contribution in [3.05, 3.63) is 0 Å². The van der Waals surface area contributed by atoms with Crippen LogP contribution in [0, 0.1) is 0 Å². The smallest absolute Gasteiger partial charge is 0.0923 e. The topological polar surface area (TPSA) is 72.7 Å². The second-order valence-electron chi connectivity index (χ2n) is 2.66. The molecule has 1 rings (SSSR count). The molecule has 0 saturated carbocycles. The molecule has 0 spiro atoms. The van der Waals surface area contributed by atoms with E-state index in [0.717, 1.165) is 0 Å². The van der Waals surface area contributed by atoms with Crippen LogP contribution in [0.25, 0.3) is 0 Å². The lowest BCUT2D eigenvalue weighted by atomic mass is 10.0. The highest BCUT2D eigenvalue weighted by Gasteiger charge is 2.25. The fourth-order valence-electron chi connectivity index (χ4n) is 1.09. The quantitative estimate of drug-likeness (QED) is 0.348. The lowest BCUT2D eigenvalue weighted by Crippen LogP contribution is -2.50. The Bertz CT molecular complexity index is 109. The van der Waals surface area contributed by atoms with Gasteiger partial charge in [-0.3, -0.25) is 0 Å². The minimum absolute atomic E-state index is 0.0176. The number of nitrogens with one attached hydrogen (secondary N) is 1. The molecule has 1 aliphatic rings. The third kappa shape index (κ3) is 1.67. The first-order valence-corrected chi connectivity index (χ1v) is 3.44. The molecule has 4 nitrogen and oxygen atoms in total. The molecule has 0 aromatic rings. The molecular formula is C6H13NO3. The van der Waals surface area contributed by atoms with E-state index in [9.17, 15) is 0 Å². The molecule has 1 aliphatic heterocycles. The maximum absolute atomic E-state index is 9.08. The van der Waals surface area contributed by atoms with E-state index in [0.29, 0.717) is 13.0 Å². The van der Waals surface area contributed by atoms with Crippen molar-refractivity contribution in [3.63, 3.8) is 0 Å². The van der Waals surface area contributed by atoms with E-state index in [4.69, 9.17) is 15.3 Å². The molecule has 3 atom stereocenters. The summed E-state index contributed by atoms with van der Waals surface area (Å²) < 4.78 is 0. The van der Waals surface area contributed by atoms with Crippen molar-refractivity contribution in [2.75, 3.05) is 13.2 Å². The van der Waals surface area contributed by atoms with Crippen molar-refractivity contribution in [3.8, 4) is 0 Å². The van der Waals surface area contributed by atoms with Crippen LogP contribution in [0.4, 0.5) is 0 Å². The number of β-amino-alcohol motifs (C(OH)–C–C–N with tert-alkyl or cyclic N) is 1. The van der Waals surface area contributed by atoms with Crippen molar-refractivity contribution >= 4 is 0 Å². The molecule has 1 fully saturated rings. The molecule has 0 radical (unpaired) electrons. The Kier molecular flexibility index (Phi) is 2.62. The van der Waals surface area contributed by atoms with Gasteiger partial charge in [0.05, 0.1) is 18.8 Å². The summed E-state index contributed by atoms with van der Waals surface area (Å²) in [4.78, 5) is 0. The van der Waals surface area contributed by atoms with Crippen molar-refractivity contribution in [1.29, 1.82) is 0 Å². The van der Waals surface area contributed by atoms with E-state index in [-0.39, 0.29) is 12.6 Å². The Morgan fingerprint density at radius 2 is 2.00 bits per heavy atom. The first-order valence-electron chi connectivity index (χ1n) is 3.44. The molecule has 3 unspecified atom stereocenters. The lowest BCUT2D eigenvalue weighted by molar-refractivity contribution is -0.0185. The molecule has 60 valence electrons. The van der Waals surface area contributed by atoms with Gasteiger partial charge in [0.15, 0.2) is 0 Å². The Labute approximate surface area is 59.5 Å². The lowest BCUT2D eigenvalue weighted by Gasteiger charge is -2.29. The second-order valence-corrected chi connectivity index (χ2v) is 2.66. The Hall–Kier alpha value is -0.160. The van der Waals surface area contributed by atoms with Crippen LogP contribution < -0.4 is 5.32 Å². The largest absolute Gasteiger partial charge is 0.395 e. The van der Waals surface area contributed by atoms with Gasteiger partial charge in [-0.2, -0.15) is 0 Å². The SMILES string of the molecule is OCC1CC(O)C(O)CN1. The zero-order valence-electron chi connectivity index (χ0n) is 5.70. The van der Waals surface area contributed by atoms with Crippen LogP contribution in [0.2, 0.25) is 0 Å². The maximum Gasteiger partial charge on any atom is 0.0923 e. The van der Waals surface area contributed by atoms with E-state index in [1.54, 1.807) is 0 Å². The fraction of sp³-hybridized carbons (Fsp3) is 1.00. The summed E-state index contributed by atoms with van der Waals surface area (Å²) in [6.07, 6.45) is -0.932. The average molecular weight is 147 g/mol. The molecule has 0 aliphatic carbocycles. The van der Waals surface area contributed by atoms with Gasteiger partial charge in [-0.05, 0) is 6.42 Å². The van der Waals surface area contributed by atoms with Gasteiger partial charge in [0.2, 0.25) is 0 Å². The number of hydrogen-bond acceptors (Lipinski definition) is 4. The van der Waals surface area contributed by atoms with Crippen LogP contribution >= 0.6 is 0 Å². The average Bonchev–Trinajstić information content (AvgIpc) is 1.95. The molecule has 0 aromatic carbocycles. The van der Waals surface area contributed by atoms with Gasteiger partial charge in [-0.25, -0.2) is 0 Å².